The van der Waals surface area contributed by atoms with Gasteiger partial charge in [-0.3, -0.25) is 29.4 Å². The van der Waals surface area contributed by atoms with Gasteiger partial charge in [0.25, 0.3) is 11.8 Å². The lowest BCUT2D eigenvalue weighted by atomic mass is 10.0. The maximum atomic E-state index is 12.9. The Morgan fingerprint density at radius 1 is 1.20 bits per heavy atom. The molecule has 0 saturated carbocycles. The van der Waals surface area contributed by atoms with Crippen LogP contribution in [0.15, 0.2) is 24.4 Å². The van der Waals surface area contributed by atoms with Crippen molar-refractivity contribution in [2.75, 3.05) is 5.32 Å². The smallest absolute Gasteiger partial charge is 0.262 e. The summed E-state index contributed by atoms with van der Waals surface area (Å²) in [4.78, 5) is 58.5. The van der Waals surface area contributed by atoms with Gasteiger partial charge in [0.15, 0.2) is 0 Å². The molecule has 10 heteroatoms. The molecule has 10 nitrogen and oxygen atoms in total. The molecular formula is C20H20N6O4. The van der Waals surface area contributed by atoms with E-state index in [1.807, 2.05) is 6.92 Å². The number of imide groups is 2. The van der Waals surface area contributed by atoms with Crippen LogP contribution in [0.5, 0.6) is 0 Å². The molecule has 4 N–H and O–H groups in total. The van der Waals surface area contributed by atoms with Crippen LogP contribution in [-0.2, 0) is 22.7 Å². The Morgan fingerprint density at radius 3 is 2.67 bits per heavy atom. The second-order valence-corrected chi connectivity index (χ2v) is 7.17. The number of amides is 4. The second-order valence-electron chi connectivity index (χ2n) is 7.17. The molecule has 0 spiro atoms. The van der Waals surface area contributed by atoms with Gasteiger partial charge in [0.2, 0.25) is 11.8 Å². The molecule has 1 aromatic heterocycles. The van der Waals surface area contributed by atoms with Crippen LogP contribution < -0.4 is 16.4 Å². The van der Waals surface area contributed by atoms with E-state index >= 15 is 0 Å². The number of anilines is 1. The molecule has 2 aliphatic heterocycles. The summed E-state index contributed by atoms with van der Waals surface area (Å²) >= 11 is 0. The zero-order chi connectivity index (χ0) is 21.4. The molecule has 30 heavy (non-hydrogen) atoms. The molecular weight excluding hydrogens is 388 g/mol. The third-order valence-corrected chi connectivity index (χ3v) is 5.20. The highest BCUT2D eigenvalue weighted by atomic mass is 16.2. The number of hydrogen-bond acceptors (Lipinski definition) is 8. The number of carbonyl (C=O) groups excluding carboxylic acids is 4. The van der Waals surface area contributed by atoms with Crippen molar-refractivity contribution in [3.63, 3.8) is 0 Å². The van der Waals surface area contributed by atoms with Crippen molar-refractivity contribution < 1.29 is 19.2 Å². The van der Waals surface area contributed by atoms with Crippen molar-refractivity contribution in [2.45, 2.75) is 38.9 Å². The van der Waals surface area contributed by atoms with Crippen LogP contribution in [0.2, 0.25) is 0 Å². The number of nitrogens with zero attached hydrogens (tertiary/aromatic N) is 3. The predicted octanol–water partition coefficient (Wildman–Crippen LogP) is 0.257. The fraction of sp³-hybridized carbons (Fsp3) is 0.300. The number of rotatable bonds is 5. The van der Waals surface area contributed by atoms with E-state index in [0.717, 1.165) is 21.8 Å². The summed E-state index contributed by atoms with van der Waals surface area (Å²) in [6.45, 7) is 2.48. The number of benzene rings is 1. The van der Waals surface area contributed by atoms with Crippen molar-refractivity contribution in [3.8, 4) is 0 Å². The summed E-state index contributed by atoms with van der Waals surface area (Å²) < 4.78 is 0. The highest BCUT2D eigenvalue weighted by Crippen LogP contribution is 2.28. The highest BCUT2D eigenvalue weighted by molar-refractivity contribution is 6.23. The minimum absolute atomic E-state index is 0.0867. The van der Waals surface area contributed by atoms with E-state index in [-0.39, 0.29) is 30.5 Å². The molecule has 3 heterocycles. The molecule has 1 aromatic carbocycles. The summed E-state index contributed by atoms with van der Waals surface area (Å²) in [6, 6.07) is 3.99. The quantitative estimate of drug-likeness (QED) is 0.597. The van der Waals surface area contributed by atoms with Crippen LogP contribution in [-0.4, -0.2) is 44.5 Å². The average molecular weight is 408 g/mol. The van der Waals surface area contributed by atoms with Crippen molar-refractivity contribution >= 4 is 29.3 Å². The van der Waals surface area contributed by atoms with Gasteiger partial charge in [-0.05, 0) is 31.0 Å². The first-order valence-corrected chi connectivity index (χ1v) is 9.50. The van der Waals surface area contributed by atoms with Gasteiger partial charge >= 0.3 is 0 Å². The van der Waals surface area contributed by atoms with Crippen molar-refractivity contribution in [3.05, 3.63) is 52.6 Å². The Kier molecular flexibility index (Phi) is 5.00. The van der Waals surface area contributed by atoms with Crippen molar-refractivity contribution in [2.24, 2.45) is 5.73 Å². The maximum absolute atomic E-state index is 12.9. The van der Waals surface area contributed by atoms with Crippen LogP contribution in [0.4, 0.5) is 5.69 Å². The largest absolute Gasteiger partial charge is 0.378 e. The van der Waals surface area contributed by atoms with Crippen molar-refractivity contribution in [1.82, 2.24) is 20.2 Å². The molecule has 1 atom stereocenters. The molecule has 2 aromatic rings. The zero-order valence-corrected chi connectivity index (χ0v) is 16.3. The summed E-state index contributed by atoms with van der Waals surface area (Å²) in [7, 11) is 0. The number of fused-ring (bicyclic) bond motifs is 1. The standard InChI is InChI=1S/C20H20N6O4/c1-10-14(9-23-16(7-21)24-10)22-8-11-2-3-12-13(6-11)20(30)26(19(12)29)15-4-5-17(27)25-18(15)28/h2-3,6,9,15,22H,4-5,7-8,21H2,1H3,(H,25,27,28). The van der Waals surface area contributed by atoms with E-state index in [9.17, 15) is 19.2 Å². The van der Waals surface area contributed by atoms with Gasteiger partial charge in [-0.25, -0.2) is 9.97 Å². The number of hydrogen-bond donors (Lipinski definition) is 3. The predicted molar refractivity (Wildman–Crippen MR) is 105 cm³/mol. The van der Waals surface area contributed by atoms with E-state index in [4.69, 9.17) is 5.73 Å². The van der Waals surface area contributed by atoms with Gasteiger partial charge in [0.1, 0.15) is 11.9 Å². The van der Waals surface area contributed by atoms with E-state index in [1.54, 1.807) is 24.4 Å². The fourth-order valence-corrected chi connectivity index (χ4v) is 3.61. The molecule has 4 amide bonds. The topological polar surface area (TPSA) is 147 Å². The van der Waals surface area contributed by atoms with Crippen LogP contribution in [0, 0.1) is 6.92 Å². The van der Waals surface area contributed by atoms with Crippen LogP contribution in [0.3, 0.4) is 0 Å². The summed E-state index contributed by atoms with van der Waals surface area (Å²) in [5.41, 5.74) is 8.30. The lowest BCUT2D eigenvalue weighted by Crippen LogP contribution is -2.54. The highest BCUT2D eigenvalue weighted by Gasteiger charge is 2.44. The normalized spacial score (nSPS) is 18.5. The summed E-state index contributed by atoms with van der Waals surface area (Å²) in [5.74, 6) is -1.53. The lowest BCUT2D eigenvalue weighted by Gasteiger charge is -2.27. The molecule has 0 bridgehead atoms. The van der Waals surface area contributed by atoms with Gasteiger partial charge in [0, 0.05) is 13.0 Å². The van der Waals surface area contributed by atoms with E-state index in [2.05, 4.69) is 20.6 Å². The van der Waals surface area contributed by atoms with E-state index in [0.29, 0.717) is 12.4 Å². The minimum atomic E-state index is -0.975. The Bertz CT molecular complexity index is 1080. The summed E-state index contributed by atoms with van der Waals surface area (Å²) in [5, 5.41) is 5.39. The van der Waals surface area contributed by atoms with Gasteiger partial charge in [-0.1, -0.05) is 6.07 Å². The van der Waals surface area contributed by atoms with Gasteiger partial charge < -0.3 is 11.1 Å². The Morgan fingerprint density at radius 2 is 1.97 bits per heavy atom. The molecule has 2 aliphatic rings. The number of carbonyl (C=O) groups is 4. The molecule has 1 fully saturated rings. The number of aryl methyl sites for hydroxylation is 1. The van der Waals surface area contributed by atoms with Crippen LogP contribution in [0.1, 0.15) is 50.6 Å². The SMILES string of the molecule is Cc1nc(CN)ncc1NCc1ccc2c(c1)C(=O)N(C1CCC(=O)NC1=O)C2=O. The minimum Gasteiger partial charge on any atom is -0.378 e. The molecule has 0 aliphatic carbocycles. The molecule has 4 rings (SSSR count). The molecule has 0 radical (unpaired) electrons. The third kappa shape index (κ3) is 3.41. The van der Waals surface area contributed by atoms with Gasteiger partial charge in [-0.2, -0.15) is 0 Å². The first-order chi connectivity index (χ1) is 14.4. The van der Waals surface area contributed by atoms with Gasteiger partial charge in [0.05, 0.1) is 35.2 Å². The van der Waals surface area contributed by atoms with Crippen molar-refractivity contribution in [1.29, 1.82) is 0 Å². The van der Waals surface area contributed by atoms with E-state index < -0.39 is 29.7 Å². The Balaban J connectivity index is 1.52. The number of piperidine rings is 1. The average Bonchev–Trinajstić information content (AvgIpc) is 2.97. The lowest BCUT2D eigenvalue weighted by molar-refractivity contribution is -0.136. The van der Waals surface area contributed by atoms with Crippen LogP contribution in [0.25, 0.3) is 0 Å². The molecule has 1 saturated heterocycles. The second kappa shape index (κ2) is 7.64. The Labute approximate surface area is 171 Å². The monoisotopic (exact) mass is 408 g/mol. The summed E-state index contributed by atoms with van der Waals surface area (Å²) in [6.07, 6.45) is 1.86. The molecule has 154 valence electrons. The fourth-order valence-electron chi connectivity index (χ4n) is 3.61. The molecule has 1 unspecified atom stereocenters. The first kappa shape index (κ1) is 19.6. The van der Waals surface area contributed by atoms with Crippen LogP contribution >= 0.6 is 0 Å². The number of nitrogens with two attached hydrogens (primary N) is 1. The maximum Gasteiger partial charge on any atom is 0.262 e. The number of nitrogens with one attached hydrogen (secondary N) is 2. The number of aromatic nitrogens is 2. The third-order valence-electron chi connectivity index (χ3n) is 5.20. The van der Waals surface area contributed by atoms with Gasteiger partial charge in [-0.15, -0.1) is 0 Å². The van der Waals surface area contributed by atoms with E-state index in [1.165, 1.54) is 0 Å². The zero-order valence-electron chi connectivity index (χ0n) is 16.3. The Hall–Kier alpha value is -3.66. The first-order valence-electron chi connectivity index (χ1n) is 9.50.